The second-order valence-electron chi connectivity index (χ2n) is 4.16. The zero-order valence-corrected chi connectivity index (χ0v) is 12.2. The van der Waals surface area contributed by atoms with E-state index in [1.54, 1.807) is 0 Å². The maximum Gasteiger partial charge on any atom is 0.328 e. The molecule has 0 aliphatic heterocycles. The van der Waals surface area contributed by atoms with Crippen LogP contribution in [0.25, 0.3) is 0 Å². The smallest absolute Gasteiger partial charge is 0.328 e. The largest absolute Gasteiger partial charge is 0.480 e. The fourth-order valence-electron chi connectivity index (χ4n) is 1.35. The van der Waals surface area contributed by atoms with Gasteiger partial charge in [-0.2, -0.15) is 0 Å². The van der Waals surface area contributed by atoms with Crippen LogP contribution in [0.4, 0.5) is 5.82 Å². The first-order chi connectivity index (χ1) is 9.28. The summed E-state index contributed by atoms with van der Waals surface area (Å²) in [4.78, 5) is 14.9. The van der Waals surface area contributed by atoms with Gasteiger partial charge < -0.3 is 15.2 Å². The molecule has 1 unspecified atom stereocenters. The van der Waals surface area contributed by atoms with Gasteiger partial charge in [0, 0.05) is 27.4 Å². The molecule has 112 valence electrons. The molecule has 1 aromatic rings. The van der Waals surface area contributed by atoms with E-state index in [4.69, 9.17) is 9.84 Å². The molecule has 1 atom stereocenters. The number of carbonyl (C=O) groups is 1. The van der Waals surface area contributed by atoms with E-state index in [1.807, 2.05) is 0 Å². The molecule has 20 heavy (non-hydrogen) atoms. The lowest BCUT2D eigenvalue weighted by molar-refractivity contribution is -0.139. The molecule has 1 aromatic heterocycles. The fraction of sp³-hybridized carbons (Fsp3) is 0.455. The molecule has 2 N–H and O–H groups in total. The highest BCUT2D eigenvalue weighted by Crippen LogP contribution is 2.14. The van der Waals surface area contributed by atoms with Crippen LogP contribution < -0.4 is 5.32 Å². The minimum absolute atomic E-state index is 0.0330. The van der Waals surface area contributed by atoms with E-state index in [9.17, 15) is 13.2 Å². The third-order valence-corrected chi connectivity index (χ3v) is 4.27. The van der Waals surface area contributed by atoms with Gasteiger partial charge in [-0.25, -0.2) is 22.5 Å². The summed E-state index contributed by atoms with van der Waals surface area (Å²) in [5, 5.41) is 11.6. The molecule has 8 nitrogen and oxygen atoms in total. The lowest BCUT2D eigenvalue weighted by Crippen LogP contribution is -2.34. The first-order valence-corrected chi connectivity index (χ1v) is 7.10. The Morgan fingerprint density at radius 2 is 2.15 bits per heavy atom. The fourth-order valence-corrected chi connectivity index (χ4v) is 2.20. The van der Waals surface area contributed by atoms with Crippen LogP contribution in [-0.4, -0.2) is 62.6 Å². The van der Waals surface area contributed by atoms with E-state index in [1.165, 1.54) is 39.5 Å². The molecule has 0 saturated heterocycles. The summed E-state index contributed by atoms with van der Waals surface area (Å²) in [6.45, 7) is -0.0330. The quantitative estimate of drug-likeness (QED) is 0.720. The van der Waals surface area contributed by atoms with Crippen LogP contribution in [0.15, 0.2) is 23.2 Å². The van der Waals surface area contributed by atoms with Crippen molar-refractivity contribution in [1.82, 2.24) is 9.29 Å². The van der Waals surface area contributed by atoms with E-state index >= 15 is 0 Å². The molecular formula is C11H17N3O5S. The van der Waals surface area contributed by atoms with Crippen molar-refractivity contribution in [2.45, 2.75) is 10.9 Å². The first-order valence-electron chi connectivity index (χ1n) is 5.66. The average molecular weight is 303 g/mol. The van der Waals surface area contributed by atoms with Crippen LogP contribution in [0.2, 0.25) is 0 Å². The molecular weight excluding hydrogens is 286 g/mol. The highest BCUT2D eigenvalue weighted by atomic mass is 32.2. The topological polar surface area (TPSA) is 109 Å². The Balaban J connectivity index is 2.89. The summed E-state index contributed by atoms with van der Waals surface area (Å²) in [5.74, 6) is -0.828. The molecule has 0 radical (unpaired) electrons. The number of anilines is 1. The summed E-state index contributed by atoms with van der Waals surface area (Å²) < 4.78 is 29.5. The van der Waals surface area contributed by atoms with E-state index in [-0.39, 0.29) is 17.3 Å². The number of aromatic nitrogens is 1. The van der Waals surface area contributed by atoms with Crippen LogP contribution >= 0.6 is 0 Å². The predicted octanol–water partition coefficient (Wildman–Crippen LogP) is -0.157. The van der Waals surface area contributed by atoms with Gasteiger partial charge in [0.05, 0.1) is 6.61 Å². The monoisotopic (exact) mass is 303 g/mol. The molecule has 0 saturated carbocycles. The van der Waals surface area contributed by atoms with Crippen LogP contribution in [0, 0.1) is 0 Å². The summed E-state index contributed by atoms with van der Waals surface area (Å²) >= 11 is 0. The van der Waals surface area contributed by atoms with E-state index in [0.717, 1.165) is 4.31 Å². The van der Waals surface area contributed by atoms with Crippen LogP contribution in [0.5, 0.6) is 0 Å². The number of hydrogen-bond acceptors (Lipinski definition) is 6. The number of rotatable bonds is 7. The van der Waals surface area contributed by atoms with Crippen molar-refractivity contribution < 1.29 is 23.1 Å². The zero-order valence-electron chi connectivity index (χ0n) is 11.4. The van der Waals surface area contributed by atoms with E-state index in [0.29, 0.717) is 0 Å². The molecule has 0 bridgehead atoms. The minimum Gasteiger partial charge on any atom is -0.480 e. The molecule has 0 fully saturated rings. The van der Waals surface area contributed by atoms with Gasteiger partial charge >= 0.3 is 5.97 Å². The Labute approximate surface area is 117 Å². The highest BCUT2D eigenvalue weighted by Gasteiger charge is 2.19. The number of carboxylic acids is 1. The van der Waals surface area contributed by atoms with E-state index in [2.05, 4.69) is 10.3 Å². The zero-order chi connectivity index (χ0) is 15.3. The van der Waals surface area contributed by atoms with Crippen LogP contribution in [-0.2, 0) is 19.6 Å². The Morgan fingerprint density at radius 3 is 2.55 bits per heavy atom. The molecule has 0 amide bonds. The van der Waals surface area contributed by atoms with Crippen molar-refractivity contribution >= 4 is 21.8 Å². The van der Waals surface area contributed by atoms with Crippen molar-refractivity contribution in [3.63, 3.8) is 0 Å². The second kappa shape index (κ2) is 6.64. The number of sulfonamides is 1. The number of nitrogens with one attached hydrogen (secondary N) is 1. The predicted molar refractivity (Wildman–Crippen MR) is 72.0 cm³/mol. The number of methoxy groups -OCH3 is 1. The van der Waals surface area contributed by atoms with E-state index < -0.39 is 22.0 Å². The van der Waals surface area contributed by atoms with Crippen molar-refractivity contribution in [3.8, 4) is 0 Å². The maximum atomic E-state index is 11.8. The van der Waals surface area contributed by atoms with Gasteiger partial charge in [-0.05, 0) is 12.1 Å². The Morgan fingerprint density at radius 1 is 1.50 bits per heavy atom. The normalized spacial score (nSPS) is 13.2. The summed E-state index contributed by atoms with van der Waals surface area (Å²) in [6.07, 6.45) is 1.17. The lowest BCUT2D eigenvalue weighted by atomic mass is 10.3. The lowest BCUT2D eigenvalue weighted by Gasteiger charge is -2.15. The first kappa shape index (κ1) is 16.3. The number of hydrogen-bond donors (Lipinski definition) is 2. The van der Waals surface area contributed by atoms with Crippen LogP contribution in [0.3, 0.4) is 0 Å². The van der Waals surface area contributed by atoms with Gasteiger partial charge in [-0.1, -0.05) is 0 Å². The summed E-state index contributed by atoms with van der Waals surface area (Å²) in [6, 6.07) is 1.81. The van der Waals surface area contributed by atoms with Gasteiger partial charge in [0.2, 0.25) is 10.0 Å². The summed E-state index contributed by atoms with van der Waals surface area (Å²) in [5.41, 5.74) is 0. The van der Waals surface area contributed by atoms with Crippen molar-refractivity contribution in [3.05, 3.63) is 18.3 Å². The van der Waals surface area contributed by atoms with Gasteiger partial charge in [-0.3, -0.25) is 0 Å². The Hall–Kier alpha value is -1.71. The van der Waals surface area contributed by atoms with Crippen molar-refractivity contribution in [2.24, 2.45) is 0 Å². The van der Waals surface area contributed by atoms with Gasteiger partial charge in [-0.15, -0.1) is 0 Å². The van der Waals surface area contributed by atoms with Crippen LogP contribution in [0.1, 0.15) is 0 Å². The Kier molecular flexibility index (Phi) is 5.43. The number of nitrogens with zero attached hydrogens (tertiary/aromatic N) is 2. The molecule has 0 aliphatic rings. The maximum absolute atomic E-state index is 11.8. The van der Waals surface area contributed by atoms with Gasteiger partial charge in [0.15, 0.2) is 0 Å². The molecule has 0 aromatic carbocycles. The molecule has 1 rings (SSSR count). The van der Waals surface area contributed by atoms with Gasteiger partial charge in [0.1, 0.15) is 16.8 Å². The van der Waals surface area contributed by atoms with Crippen molar-refractivity contribution in [1.29, 1.82) is 0 Å². The number of ether oxygens (including phenoxy) is 1. The number of pyridine rings is 1. The third-order valence-electron chi connectivity index (χ3n) is 2.47. The Bertz CT molecular complexity index is 556. The average Bonchev–Trinajstić information content (AvgIpc) is 2.38. The highest BCUT2D eigenvalue weighted by molar-refractivity contribution is 7.89. The molecule has 0 spiro atoms. The van der Waals surface area contributed by atoms with Crippen molar-refractivity contribution in [2.75, 3.05) is 33.1 Å². The number of carboxylic acid groups (broad SMARTS) is 1. The minimum atomic E-state index is -3.55. The SMILES string of the molecule is COCC(Nc1ccc(S(=O)(=O)N(C)C)cn1)C(=O)O. The molecule has 9 heteroatoms. The molecule has 0 aliphatic carbocycles. The number of aliphatic carboxylic acids is 1. The third kappa shape index (κ3) is 3.89. The molecule has 1 heterocycles. The van der Waals surface area contributed by atoms with Gasteiger partial charge in [0.25, 0.3) is 0 Å². The standard InChI is InChI=1S/C11H17N3O5S/c1-14(2)20(17,18)8-4-5-10(12-6-8)13-9(7-19-3)11(15)16/h4-6,9H,7H2,1-3H3,(H,12,13)(H,15,16). The second-order valence-corrected chi connectivity index (χ2v) is 6.31. The summed E-state index contributed by atoms with van der Waals surface area (Å²) in [7, 11) is 0.674.